The van der Waals surface area contributed by atoms with Crippen molar-refractivity contribution in [1.82, 2.24) is 4.98 Å². The number of aliphatic hydroxyl groups excluding tert-OH is 1. The van der Waals surface area contributed by atoms with Crippen LogP contribution in [0.4, 0.5) is 0 Å². The summed E-state index contributed by atoms with van der Waals surface area (Å²) in [5.74, 6) is 0. The lowest BCUT2D eigenvalue weighted by Gasteiger charge is -1.88. The van der Waals surface area contributed by atoms with E-state index in [9.17, 15) is 0 Å². The van der Waals surface area contributed by atoms with Gasteiger partial charge in [-0.25, -0.2) is 0 Å². The van der Waals surface area contributed by atoms with Gasteiger partial charge in [-0.05, 0) is 31.6 Å². The largest absolute Gasteiger partial charge is 0.392 e. The number of aliphatic hydroxyl groups is 1. The maximum Gasteiger partial charge on any atom is 0.0616 e. The van der Waals surface area contributed by atoms with Gasteiger partial charge in [0.1, 0.15) is 0 Å². The molecule has 0 atom stereocenters. The van der Waals surface area contributed by atoms with Gasteiger partial charge in [-0.2, -0.15) is 0 Å². The van der Waals surface area contributed by atoms with Crippen molar-refractivity contribution in [1.29, 1.82) is 0 Å². The van der Waals surface area contributed by atoms with E-state index in [4.69, 9.17) is 5.11 Å². The van der Waals surface area contributed by atoms with Crippen molar-refractivity contribution in [2.24, 2.45) is 0 Å². The zero-order valence-electron chi connectivity index (χ0n) is 6.89. The minimum atomic E-state index is 0.0947. The van der Waals surface area contributed by atoms with Crippen molar-refractivity contribution in [2.75, 3.05) is 6.61 Å². The third kappa shape index (κ3) is 1.95. The Morgan fingerprint density at radius 3 is 2.73 bits per heavy atom. The molecule has 2 heteroatoms. The molecule has 0 aliphatic rings. The van der Waals surface area contributed by atoms with Gasteiger partial charge in [-0.15, -0.1) is 0 Å². The molecule has 0 bridgehead atoms. The minimum Gasteiger partial charge on any atom is -0.392 e. The van der Waals surface area contributed by atoms with Gasteiger partial charge in [-0.1, -0.05) is 6.08 Å². The van der Waals surface area contributed by atoms with Gasteiger partial charge in [0.05, 0.1) is 6.61 Å². The lowest BCUT2D eigenvalue weighted by molar-refractivity contribution is 0.343. The average Bonchev–Trinajstić information content (AvgIpc) is 2.26. The van der Waals surface area contributed by atoms with Crippen LogP contribution in [0, 0.1) is 13.8 Å². The van der Waals surface area contributed by atoms with Crippen molar-refractivity contribution in [3.63, 3.8) is 0 Å². The number of hydrogen-bond donors (Lipinski definition) is 2. The first kappa shape index (κ1) is 8.08. The molecular formula is C9H13NO. The van der Waals surface area contributed by atoms with E-state index in [1.807, 2.05) is 19.9 Å². The number of nitrogens with one attached hydrogen (secondary N) is 1. The van der Waals surface area contributed by atoms with Gasteiger partial charge in [-0.3, -0.25) is 0 Å². The quantitative estimate of drug-likeness (QED) is 0.662. The van der Waals surface area contributed by atoms with Crippen molar-refractivity contribution >= 4 is 6.08 Å². The van der Waals surface area contributed by atoms with Gasteiger partial charge < -0.3 is 10.1 Å². The lowest BCUT2D eigenvalue weighted by Crippen LogP contribution is -1.77. The molecule has 1 heterocycles. The molecule has 1 aromatic rings. The van der Waals surface area contributed by atoms with Crippen molar-refractivity contribution < 1.29 is 5.11 Å². The summed E-state index contributed by atoms with van der Waals surface area (Å²) in [4.78, 5) is 3.18. The standard InChI is InChI=1S/C9H13NO/c1-7-6-8(2)10-9(7)4-3-5-11/h3-4,6,10-11H,5H2,1-2H3. The molecule has 11 heavy (non-hydrogen) atoms. The summed E-state index contributed by atoms with van der Waals surface area (Å²) in [6, 6.07) is 2.08. The summed E-state index contributed by atoms with van der Waals surface area (Å²) in [6.45, 7) is 4.15. The van der Waals surface area contributed by atoms with E-state index >= 15 is 0 Å². The van der Waals surface area contributed by atoms with Crippen LogP contribution in [-0.2, 0) is 0 Å². The van der Waals surface area contributed by atoms with Gasteiger partial charge in [0.2, 0.25) is 0 Å². The summed E-state index contributed by atoms with van der Waals surface area (Å²) in [6.07, 6.45) is 3.61. The molecule has 60 valence electrons. The number of aromatic nitrogens is 1. The van der Waals surface area contributed by atoms with Gasteiger partial charge in [0.15, 0.2) is 0 Å². The molecule has 0 fully saturated rings. The Balaban J connectivity index is 2.85. The topological polar surface area (TPSA) is 36.0 Å². The molecule has 1 rings (SSSR count). The number of H-pyrrole nitrogens is 1. The van der Waals surface area contributed by atoms with Crippen molar-refractivity contribution in [3.05, 3.63) is 29.1 Å². The van der Waals surface area contributed by atoms with Gasteiger partial charge in [0, 0.05) is 11.4 Å². The summed E-state index contributed by atoms with van der Waals surface area (Å²) >= 11 is 0. The summed E-state index contributed by atoms with van der Waals surface area (Å²) in [7, 11) is 0. The molecular weight excluding hydrogens is 138 g/mol. The fourth-order valence-electron chi connectivity index (χ4n) is 1.09. The molecule has 0 saturated carbocycles. The maximum atomic E-state index is 8.52. The molecule has 0 amide bonds. The zero-order valence-corrected chi connectivity index (χ0v) is 6.89. The predicted octanol–water partition coefficient (Wildman–Crippen LogP) is 1.64. The van der Waals surface area contributed by atoms with Crippen LogP contribution in [0.1, 0.15) is 17.0 Å². The Kier molecular flexibility index (Phi) is 2.49. The first-order chi connectivity index (χ1) is 5.24. The summed E-state index contributed by atoms with van der Waals surface area (Å²) in [5, 5.41) is 8.52. The molecule has 0 saturated heterocycles. The van der Waals surface area contributed by atoms with Crippen LogP contribution in [0.5, 0.6) is 0 Å². The van der Waals surface area contributed by atoms with Crippen LogP contribution in [0.2, 0.25) is 0 Å². The zero-order chi connectivity index (χ0) is 8.27. The third-order valence-corrected chi connectivity index (χ3v) is 1.58. The SMILES string of the molecule is Cc1cc(C)c(C=CCO)[nH]1. The predicted molar refractivity (Wildman–Crippen MR) is 46.4 cm³/mol. The molecule has 0 aliphatic heterocycles. The average molecular weight is 151 g/mol. The second kappa shape index (κ2) is 3.39. The van der Waals surface area contributed by atoms with Crippen LogP contribution in [-0.4, -0.2) is 16.7 Å². The van der Waals surface area contributed by atoms with Crippen molar-refractivity contribution in [2.45, 2.75) is 13.8 Å². The van der Waals surface area contributed by atoms with E-state index < -0.39 is 0 Å². The number of rotatable bonds is 2. The highest BCUT2D eigenvalue weighted by atomic mass is 16.2. The van der Waals surface area contributed by atoms with Crippen LogP contribution in [0.25, 0.3) is 6.08 Å². The monoisotopic (exact) mass is 151 g/mol. The number of aromatic amines is 1. The van der Waals surface area contributed by atoms with E-state index in [-0.39, 0.29) is 6.61 Å². The van der Waals surface area contributed by atoms with E-state index in [1.165, 1.54) is 5.56 Å². The second-order valence-corrected chi connectivity index (χ2v) is 2.63. The first-order valence-corrected chi connectivity index (χ1v) is 3.67. The van der Waals surface area contributed by atoms with Gasteiger partial charge >= 0.3 is 0 Å². The van der Waals surface area contributed by atoms with Crippen molar-refractivity contribution in [3.8, 4) is 0 Å². The Bertz CT molecular complexity index is 261. The Labute approximate surface area is 66.6 Å². The molecule has 0 aromatic carbocycles. The van der Waals surface area contributed by atoms with Crippen LogP contribution in [0.3, 0.4) is 0 Å². The highest BCUT2D eigenvalue weighted by Gasteiger charge is 1.95. The summed E-state index contributed by atoms with van der Waals surface area (Å²) < 4.78 is 0. The van der Waals surface area contributed by atoms with E-state index in [2.05, 4.69) is 11.1 Å². The Morgan fingerprint density at radius 1 is 1.55 bits per heavy atom. The normalized spacial score (nSPS) is 11.2. The van der Waals surface area contributed by atoms with Crippen LogP contribution in [0.15, 0.2) is 12.1 Å². The Hall–Kier alpha value is -1.02. The smallest absolute Gasteiger partial charge is 0.0616 e. The molecule has 2 N–H and O–H groups in total. The molecule has 0 spiro atoms. The highest BCUT2D eigenvalue weighted by Crippen LogP contribution is 2.09. The lowest BCUT2D eigenvalue weighted by atomic mass is 10.2. The first-order valence-electron chi connectivity index (χ1n) is 3.67. The van der Waals surface area contributed by atoms with Crippen LogP contribution < -0.4 is 0 Å². The fraction of sp³-hybridized carbons (Fsp3) is 0.333. The van der Waals surface area contributed by atoms with E-state index in [1.54, 1.807) is 6.08 Å². The third-order valence-electron chi connectivity index (χ3n) is 1.58. The highest BCUT2D eigenvalue weighted by molar-refractivity contribution is 5.50. The van der Waals surface area contributed by atoms with E-state index in [0.29, 0.717) is 0 Å². The number of aryl methyl sites for hydroxylation is 2. The van der Waals surface area contributed by atoms with Crippen LogP contribution >= 0.6 is 0 Å². The minimum absolute atomic E-state index is 0.0947. The molecule has 2 nitrogen and oxygen atoms in total. The molecule has 0 radical (unpaired) electrons. The molecule has 1 aromatic heterocycles. The molecule has 0 unspecified atom stereocenters. The molecule has 0 aliphatic carbocycles. The summed E-state index contributed by atoms with van der Waals surface area (Å²) in [5.41, 5.74) is 3.45. The van der Waals surface area contributed by atoms with Gasteiger partial charge in [0.25, 0.3) is 0 Å². The Morgan fingerprint density at radius 2 is 2.27 bits per heavy atom. The number of hydrogen-bond acceptors (Lipinski definition) is 1. The second-order valence-electron chi connectivity index (χ2n) is 2.63. The van der Waals surface area contributed by atoms with E-state index in [0.717, 1.165) is 11.4 Å². The maximum absolute atomic E-state index is 8.52. The fourth-order valence-corrected chi connectivity index (χ4v) is 1.09.